The van der Waals surface area contributed by atoms with E-state index in [2.05, 4.69) is 0 Å². The summed E-state index contributed by atoms with van der Waals surface area (Å²) < 4.78 is 24.9. The Bertz CT molecular complexity index is 1020. The Hall–Kier alpha value is -2.95. The molecular weight excluding hydrogens is 371 g/mol. The van der Waals surface area contributed by atoms with Gasteiger partial charge in [0.2, 0.25) is 0 Å². The van der Waals surface area contributed by atoms with E-state index in [0.29, 0.717) is 41.2 Å². The van der Waals surface area contributed by atoms with Crippen LogP contribution in [-0.2, 0) is 4.79 Å². The monoisotopic (exact) mass is 394 g/mol. The van der Waals surface area contributed by atoms with Gasteiger partial charge in [-0.15, -0.1) is 0 Å². The fourth-order valence-corrected chi connectivity index (χ4v) is 4.26. The Morgan fingerprint density at radius 2 is 1.90 bits per heavy atom. The van der Waals surface area contributed by atoms with Crippen LogP contribution in [0.25, 0.3) is 0 Å². The number of carbonyl (C=O) groups excluding carboxylic acids is 2. The Balaban J connectivity index is 1.79. The number of methoxy groups -OCH3 is 1. The van der Waals surface area contributed by atoms with E-state index in [1.165, 1.54) is 24.3 Å². The van der Waals surface area contributed by atoms with Crippen molar-refractivity contribution in [2.45, 2.75) is 39.0 Å². The Morgan fingerprint density at radius 3 is 2.59 bits per heavy atom. The molecule has 2 aromatic carbocycles. The number of ether oxygens (including phenoxy) is 2. The Labute approximate surface area is 169 Å². The van der Waals surface area contributed by atoms with Crippen LogP contribution in [-0.4, -0.2) is 18.7 Å². The number of hydrogen-bond donors (Lipinski definition) is 0. The van der Waals surface area contributed by atoms with Crippen LogP contribution >= 0.6 is 0 Å². The molecule has 0 radical (unpaired) electrons. The minimum absolute atomic E-state index is 0.0154. The summed E-state index contributed by atoms with van der Waals surface area (Å²) in [5.74, 6) is 0.833. The first-order chi connectivity index (χ1) is 13.8. The van der Waals surface area contributed by atoms with Gasteiger partial charge in [0.15, 0.2) is 23.1 Å². The summed E-state index contributed by atoms with van der Waals surface area (Å²) in [5.41, 5.74) is 1.57. The summed E-state index contributed by atoms with van der Waals surface area (Å²) in [7, 11) is 1.57. The highest BCUT2D eigenvalue weighted by molar-refractivity contribution is 6.02. The fraction of sp³-hybridized carbons (Fsp3) is 0.333. The molecule has 1 aliphatic heterocycles. The van der Waals surface area contributed by atoms with Crippen molar-refractivity contribution in [2.24, 2.45) is 5.41 Å². The first-order valence-corrected chi connectivity index (χ1v) is 9.69. The summed E-state index contributed by atoms with van der Waals surface area (Å²) in [6, 6.07) is 11.0. The lowest BCUT2D eigenvalue weighted by Crippen LogP contribution is -2.33. The molecular formula is C24H23FO4. The van der Waals surface area contributed by atoms with E-state index < -0.39 is 11.7 Å². The van der Waals surface area contributed by atoms with E-state index in [1.54, 1.807) is 13.2 Å². The van der Waals surface area contributed by atoms with Crippen molar-refractivity contribution in [3.05, 3.63) is 70.7 Å². The first kappa shape index (κ1) is 19.4. The van der Waals surface area contributed by atoms with Gasteiger partial charge in [-0.25, -0.2) is 4.39 Å². The zero-order chi connectivity index (χ0) is 20.8. The van der Waals surface area contributed by atoms with Crippen LogP contribution in [0, 0.1) is 11.2 Å². The lowest BCUT2D eigenvalue weighted by molar-refractivity contribution is -0.118. The highest BCUT2D eigenvalue weighted by atomic mass is 19.1. The van der Waals surface area contributed by atoms with Gasteiger partial charge in [0.05, 0.1) is 7.11 Å². The number of rotatable bonds is 4. The molecule has 4 nitrogen and oxygen atoms in total. The van der Waals surface area contributed by atoms with Crippen LogP contribution in [0.15, 0.2) is 53.8 Å². The molecule has 0 saturated heterocycles. The molecule has 1 aliphatic carbocycles. The fourth-order valence-electron chi connectivity index (χ4n) is 4.26. The molecule has 5 heteroatoms. The third-order valence-corrected chi connectivity index (χ3v) is 5.61. The molecule has 2 aliphatic rings. The van der Waals surface area contributed by atoms with Gasteiger partial charge < -0.3 is 9.47 Å². The van der Waals surface area contributed by atoms with Crippen LogP contribution in [0.2, 0.25) is 0 Å². The molecule has 150 valence electrons. The second kappa shape index (κ2) is 7.14. The lowest BCUT2D eigenvalue weighted by Gasteiger charge is -2.38. The molecule has 0 spiro atoms. The maximum absolute atomic E-state index is 13.2. The maximum Gasteiger partial charge on any atom is 0.172 e. The topological polar surface area (TPSA) is 52.6 Å². The summed E-state index contributed by atoms with van der Waals surface area (Å²) in [4.78, 5) is 26.0. The number of halogens is 1. The van der Waals surface area contributed by atoms with Crippen LogP contribution in [0.3, 0.4) is 0 Å². The number of ketones is 2. The first-order valence-electron chi connectivity index (χ1n) is 9.69. The minimum atomic E-state index is -0.412. The number of carbonyl (C=O) groups is 2. The molecule has 0 N–H and O–H groups in total. The smallest absolute Gasteiger partial charge is 0.172 e. The van der Waals surface area contributed by atoms with E-state index in [0.717, 1.165) is 5.56 Å². The average molecular weight is 394 g/mol. The lowest BCUT2D eigenvalue weighted by atomic mass is 9.70. The zero-order valence-electron chi connectivity index (χ0n) is 16.8. The third-order valence-electron chi connectivity index (χ3n) is 5.61. The van der Waals surface area contributed by atoms with Gasteiger partial charge in [0.1, 0.15) is 11.6 Å². The van der Waals surface area contributed by atoms with Gasteiger partial charge in [0.25, 0.3) is 0 Å². The summed E-state index contributed by atoms with van der Waals surface area (Å²) >= 11 is 0. The van der Waals surface area contributed by atoms with Gasteiger partial charge in [0, 0.05) is 41.9 Å². The van der Waals surface area contributed by atoms with Crippen LogP contribution in [0.5, 0.6) is 11.5 Å². The van der Waals surface area contributed by atoms with Gasteiger partial charge in [-0.2, -0.15) is 0 Å². The predicted octanol–water partition coefficient (Wildman–Crippen LogP) is 5.23. The van der Waals surface area contributed by atoms with Crippen molar-refractivity contribution in [1.29, 1.82) is 0 Å². The summed E-state index contributed by atoms with van der Waals surface area (Å²) in [6.07, 6.45) is 1.14. The zero-order valence-corrected chi connectivity index (χ0v) is 16.8. The Morgan fingerprint density at radius 1 is 1.17 bits per heavy atom. The number of fused-ring (bicyclic) bond motifs is 1. The standard InChI is InChI=1S/C24H23FO4/c1-24(2)12-19(27)22-17(11-18(26)14-7-9-15(25)10-8-14)16-5-4-6-20(28-3)23(16)29-21(22)13-24/h4-10,17H,11-13H2,1-3H3/t17-/m0/s1. The number of allylic oxidation sites excluding steroid dienone is 2. The molecule has 0 unspecified atom stereocenters. The summed E-state index contributed by atoms with van der Waals surface area (Å²) in [5, 5.41) is 0. The van der Waals surface area contributed by atoms with Gasteiger partial charge >= 0.3 is 0 Å². The molecule has 1 atom stereocenters. The molecule has 0 bridgehead atoms. The highest BCUT2D eigenvalue weighted by Gasteiger charge is 2.42. The van der Waals surface area contributed by atoms with Crippen molar-refractivity contribution in [3.8, 4) is 11.5 Å². The third kappa shape index (κ3) is 3.57. The van der Waals surface area contributed by atoms with Crippen molar-refractivity contribution in [2.75, 3.05) is 7.11 Å². The molecule has 2 aromatic rings. The molecule has 0 saturated carbocycles. The molecule has 0 amide bonds. The van der Waals surface area contributed by atoms with Gasteiger partial charge in [-0.05, 0) is 35.7 Å². The van der Waals surface area contributed by atoms with Crippen molar-refractivity contribution >= 4 is 11.6 Å². The van der Waals surface area contributed by atoms with Crippen LogP contribution < -0.4 is 9.47 Å². The molecule has 29 heavy (non-hydrogen) atoms. The van der Waals surface area contributed by atoms with Crippen molar-refractivity contribution < 1.29 is 23.5 Å². The number of benzene rings is 2. The molecule has 1 heterocycles. The SMILES string of the molecule is COc1cccc2c1OC1=C(C(=O)CC(C)(C)C1)[C@H]2CC(=O)c1ccc(F)cc1. The van der Waals surface area contributed by atoms with Crippen LogP contribution in [0.1, 0.15) is 54.9 Å². The van der Waals surface area contributed by atoms with Gasteiger partial charge in [-0.3, -0.25) is 9.59 Å². The van der Waals surface area contributed by atoms with Gasteiger partial charge in [-0.1, -0.05) is 26.0 Å². The van der Waals surface area contributed by atoms with Crippen molar-refractivity contribution in [1.82, 2.24) is 0 Å². The molecule has 0 fully saturated rings. The van der Waals surface area contributed by atoms with E-state index in [9.17, 15) is 14.0 Å². The average Bonchev–Trinajstić information content (AvgIpc) is 2.66. The number of hydrogen-bond acceptors (Lipinski definition) is 4. The predicted molar refractivity (Wildman–Crippen MR) is 107 cm³/mol. The number of para-hydroxylation sites is 1. The second-order valence-electron chi connectivity index (χ2n) is 8.45. The maximum atomic E-state index is 13.2. The largest absolute Gasteiger partial charge is 0.493 e. The Kier molecular flexibility index (Phi) is 4.77. The normalized spacial score (nSPS) is 19.9. The summed E-state index contributed by atoms with van der Waals surface area (Å²) in [6.45, 7) is 4.07. The molecule has 0 aromatic heterocycles. The van der Waals surface area contributed by atoms with Crippen molar-refractivity contribution in [3.63, 3.8) is 0 Å². The van der Waals surface area contributed by atoms with E-state index in [1.807, 2.05) is 26.0 Å². The van der Waals surface area contributed by atoms with E-state index in [4.69, 9.17) is 9.47 Å². The van der Waals surface area contributed by atoms with E-state index in [-0.39, 0.29) is 23.4 Å². The number of Topliss-reactive ketones (excluding diaryl/α,β-unsaturated/α-hetero) is 2. The van der Waals surface area contributed by atoms with E-state index >= 15 is 0 Å². The quantitative estimate of drug-likeness (QED) is 0.667. The molecule has 4 rings (SSSR count). The van der Waals surface area contributed by atoms with Crippen LogP contribution in [0.4, 0.5) is 4.39 Å². The minimum Gasteiger partial charge on any atom is -0.493 e. The highest BCUT2D eigenvalue weighted by Crippen LogP contribution is 2.51. The second-order valence-corrected chi connectivity index (χ2v) is 8.45.